The number of carbonyl (C=O) groups is 4. The maximum atomic E-state index is 14.3. The Morgan fingerprint density at radius 1 is 0.649 bits per heavy atom. The average Bonchev–Trinajstić information content (AvgIpc) is 4.30. The van der Waals surface area contributed by atoms with Crippen molar-refractivity contribution in [3.63, 3.8) is 0 Å². The first-order valence-corrected chi connectivity index (χ1v) is 26.7. The molecule has 7 aromatic rings. The fourth-order valence-corrected chi connectivity index (χ4v) is 10.8. The number of nitrogens with zero attached hydrogens (tertiary/aromatic N) is 2. The number of rotatable bonds is 19. The normalized spacial score (nSPS) is 17.3. The number of nitrogens with one attached hydrogen (secondary N) is 2. The smallest absolute Gasteiger partial charge is 0.407 e. The van der Waals surface area contributed by atoms with Crippen LogP contribution in [0.1, 0.15) is 106 Å². The van der Waals surface area contributed by atoms with Crippen molar-refractivity contribution in [2.45, 2.75) is 109 Å². The number of benzene rings is 5. The molecule has 2 aliphatic carbocycles. The number of aryl methyl sites for hydroxylation is 1. The van der Waals surface area contributed by atoms with Gasteiger partial charge in [-0.05, 0) is 80.8 Å². The van der Waals surface area contributed by atoms with Gasteiger partial charge in [-0.3, -0.25) is 4.57 Å². The predicted octanol–water partition coefficient (Wildman–Crippen LogP) is 11.3. The van der Waals surface area contributed by atoms with E-state index in [0.717, 1.165) is 75.8 Å². The van der Waals surface area contributed by atoms with Gasteiger partial charge in [0.05, 0.1) is 5.39 Å². The van der Waals surface area contributed by atoms with Gasteiger partial charge in [-0.1, -0.05) is 169 Å². The van der Waals surface area contributed by atoms with Gasteiger partial charge in [-0.25, -0.2) is 24.0 Å². The van der Waals surface area contributed by atoms with Crippen molar-refractivity contribution >= 4 is 35.2 Å². The highest BCUT2D eigenvalue weighted by Gasteiger charge is 2.43. The minimum Gasteiger partial charge on any atom is -0.461 e. The zero-order valence-corrected chi connectivity index (χ0v) is 43.9. The lowest BCUT2D eigenvalue weighted by molar-refractivity contribution is -0.162. The van der Waals surface area contributed by atoms with Gasteiger partial charge in [0.25, 0.3) is 0 Å². The second kappa shape index (κ2) is 23.1. The Hall–Kier alpha value is -8.04. The van der Waals surface area contributed by atoms with Gasteiger partial charge in [-0.15, -0.1) is 0 Å². The Morgan fingerprint density at radius 3 is 1.66 bits per heavy atom. The highest BCUT2D eigenvalue weighted by Crippen LogP contribution is 2.46. The zero-order chi connectivity index (χ0) is 53.7. The standard InChI is InChI=1S/C62H64N4O11/c1-6-7-8-17-38-26-28-39(29-27-38)51-30-40-32-66(60(69)65-57(40)76-51)54-31-52(77-59(68)56(37(4)5)64-62(71)74-34-50-47-24-15-11-20-43(47)44-21-12-16-25-48(44)50)53(75-54)35-72-58(67)55(36(2)3)63-61(70)73-33-49-45-22-13-9-18-41(45)42-19-10-14-23-46(42)49/h9-16,18-30,32,36-37,49-50,52-56H,6-8,17,31,33-35H2,1-5H3,(H,63,70)(H,64,71)/t52-,53+,54+,55-,56-/m0/s1. The van der Waals surface area contributed by atoms with Crippen LogP contribution in [-0.4, -0.2) is 77.8 Å². The molecule has 3 heterocycles. The molecule has 10 rings (SSSR count). The van der Waals surface area contributed by atoms with E-state index in [1.54, 1.807) is 40.0 Å². The second-order valence-corrected chi connectivity index (χ2v) is 20.8. The molecule has 2 N–H and O–H groups in total. The summed E-state index contributed by atoms with van der Waals surface area (Å²) in [5, 5.41) is 5.96. The van der Waals surface area contributed by atoms with Crippen molar-refractivity contribution in [1.82, 2.24) is 20.2 Å². The number of furan rings is 1. The van der Waals surface area contributed by atoms with Crippen LogP contribution >= 0.6 is 0 Å². The van der Waals surface area contributed by atoms with Crippen molar-refractivity contribution in [3.8, 4) is 33.6 Å². The number of esters is 2. The third-order valence-electron chi connectivity index (χ3n) is 15.0. The fraction of sp³-hybridized carbons (Fsp3) is 0.355. The summed E-state index contributed by atoms with van der Waals surface area (Å²) >= 11 is 0. The molecule has 2 aromatic heterocycles. The molecule has 5 atom stereocenters. The number of aromatic nitrogens is 2. The van der Waals surface area contributed by atoms with Crippen molar-refractivity contribution < 1.29 is 47.3 Å². The second-order valence-electron chi connectivity index (χ2n) is 20.8. The Balaban J connectivity index is 0.835. The van der Waals surface area contributed by atoms with E-state index in [-0.39, 0.29) is 37.2 Å². The first kappa shape index (κ1) is 52.4. The van der Waals surface area contributed by atoms with Crippen LogP contribution in [0.15, 0.2) is 143 Å². The summed E-state index contributed by atoms with van der Waals surface area (Å²) in [4.78, 5) is 73.2. The van der Waals surface area contributed by atoms with E-state index in [4.69, 9.17) is 28.1 Å². The maximum absolute atomic E-state index is 14.3. The molecule has 15 nitrogen and oxygen atoms in total. The van der Waals surface area contributed by atoms with E-state index < -0.39 is 78.8 Å². The molecular weight excluding hydrogens is 977 g/mol. The molecule has 398 valence electrons. The maximum Gasteiger partial charge on any atom is 0.407 e. The number of unbranched alkanes of at least 4 members (excludes halogenated alkanes) is 2. The Kier molecular flexibility index (Phi) is 15.7. The molecule has 5 aromatic carbocycles. The minimum absolute atomic E-state index is 0.0372. The number of ether oxygens (including phenoxy) is 5. The first-order chi connectivity index (χ1) is 37.3. The lowest BCUT2D eigenvalue weighted by atomic mass is 9.98. The Morgan fingerprint density at radius 2 is 1.16 bits per heavy atom. The highest BCUT2D eigenvalue weighted by atomic mass is 16.6. The molecule has 77 heavy (non-hydrogen) atoms. The van der Waals surface area contributed by atoms with Crippen LogP contribution in [0.2, 0.25) is 0 Å². The largest absolute Gasteiger partial charge is 0.461 e. The number of hydrogen-bond acceptors (Lipinski definition) is 12. The molecule has 0 saturated carbocycles. The lowest BCUT2D eigenvalue weighted by Gasteiger charge is -2.26. The molecule has 3 aliphatic rings. The van der Waals surface area contributed by atoms with Gasteiger partial charge in [0, 0.05) is 30.0 Å². The Labute approximate surface area is 447 Å². The number of amides is 2. The summed E-state index contributed by atoms with van der Waals surface area (Å²) in [5.74, 6) is -2.29. The minimum atomic E-state index is -1.16. The van der Waals surface area contributed by atoms with Crippen LogP contribution in [-0.2, 0) is 39.7 Å². The Bertz CT molecular complexity index is 3250. The molecule has 1 fully saturated rings. The van der Waals surface area contributed by atoms with Crippen molar-refractivity contribution in [2.24, 2.45) is 11.8 Å². The van der Waals surface area contributed by atoms with E-state index in [2.05, 4.69) is 34.7 Å². The summed E-state index contributed by atoms with van der Waals surface area (Å²) < 4.78 is 37.4. The summed E-state index contributed by atoms with van der Waals surface area (Å²) in [6.45, 7) is 8.89. The van der Waals surface area contributed by atoms with Gasteiger partial charge in [-0.2, -0.15) is 4.98 Å². The molecule has 15 heteroatoms. The average molecular weight is 1040 g/mol. The molecular formula is C62H64N4O11. The molecule has 0 bridgehead atoms. The third kappa shape index (κ3) is 11.3. The quantitative estimate of drug-likeness (QED) is 0.0444. The van der Waals surface area contributed by atoms with Crippen LogP contribution in [0.4, 0.5) is 9.59 Å². The lowest BCUT2D eigenvalue weighted by Crippen LogP contribution is -2.48. The van der Waals surface area contributed by atoms with Gasteiger partial charge >= 0.3 is 29.8 Å². The number of hydrogen-bond donors (Lipinski definition) is 2. The van der Waals surface area contributed by atoms with Gasteiger partial charge in [0.2, 0.25) is 5.71 Å². The van der Waals surface area contributed by atoms with Gasteiger partial charge in [0.15, 0.2) is 0 Å². The summed E-state index contributed by atoms with van der Waals surface area (Å²) in [7, 11) is 0. The topological polar surface area (TPSA) is 187 Å². The molecule has 0 spiro atoms. The predicted molar refractivity (Wildman–Crippen MR) is 290 cm³/mol. The van der Waals surface area contributed by atoms with E-state index in [1.165, 1.54) is 10.1 Å². The van der Waals surface area contributed by atoms with Crippen LogP contribution in [0.25, 0.3) is 44.7 Å². The van der Waals surface area contributed by atoms with Crippen molar-refractivity contribution in [1.29, 1.82) is 0 Å². The fourth-order valence-electron chi connectivity index (χ4n) is 10.8. The van der Waals surface area contributed by atoms with Gasteiger partial charge < -0.3 is 38.7 Å². The summed E-state index contributed by atoms with van der Waals surface area (Å²) in [6.07, 6.45) is 1.12. The van der Waals surface area contributed by atoms with Crippen LogP contribution in [0.3, 0.4) is 0 Å². The first-order valence-electron chi connectivity index (χ1n) is 26.7. The molecule has 2 amide bonds. The third-order valence-corrected chi connectivity index (χ3v) is 15.0. The van der Waals surface area contributed by atoms with E-state index >= 15 is 0 Å². The molecule has 0 unspecified atom stereocenters. The van der Waals surface area contributed by atoms with Crippen LogP contribution < -0.4 is 16.3 Å². The SMILES string of the molecule is CCCCCc1ccc(-c2cc3cn([C@H]4C[C@H](OC(=O)[C@@H](NC(=O)OCC5c6ccccc6-c6ccccc65)C(C)C)[C@@H](COC(=O)[C@@H](NC(=O)OCC5c6ccccc6-c6ccccc65)C(C)C)O4)c(=O)nc3o2)cc1. The van der Waals surface area contributed by atoms with Gasteiger partial charge in [0.1, 0.15) is 56.1 Å². The van der Waals surface area contributed by atoms with Crippen molar-refractivity contribution in [2.75, 3.05) is 19.8 Å². The number of alkyl carbamates (subject to hydrolysis) is 2. The highest BCUT2D eigenvalue weighted by molar-refractivity contribution is 5.84. The summed E-state index contributed by atoms with van der Waals surface area (Å²) in [5.41, 5.74) is 10.0. The van der Waals surface area contributed by atoms with Crippen molar-refractivity contribution in [3.05, 3.63) is 172 Å². The summed E-state index contributed by atoms with van der Waals surface area (Å²) in [6, 6.07) is 39.6. The number of fused-ring (bicyclic) bond motifs is 7. The van der Waals surface area contributed by atoms with Crippen LogP contribution in [0.5, 0.6) is 0 Å². The monoisotopic (exact) mass is 1040 g/mol. The zero-order valence-electron chi connectivity index (χ0n) is 43.9. The van der Waals surface area contributed by atoms with E-state index in [9.17, 15) is 24.0 Å². The molecule has 0 radical (unpaired) electrons. The van der Waals surface area contributed by atoms with E-state index in [1.807, 2.05) is 109 Å². The number of carbonyl (C=O) groups excluding carboxylic acids is 4. The van der Waals surface area contributed by atoms with E-state index in [0.29, 0.717) is 11.1 Å². The van der Waals surface area contributed by atoms with Crippen LogP contribution in [0, 0.1) is 11.8 Å². The molecule has 1 saturated heterocycles. The molecule has 1 aliphatic heterocycles.